The minimum atomic E-state index is -0.197. The first-order chi connectivity index (χ1) is 13.1. The summed E-state index contributed by atoms with van der Waals surface area (Å²) in [6.07, 6.45) is 0. The summed E-state index contributed by atoms with van der Waals surface area (Å²) in [6, 6.07) is 25.0. The van der Waals surface area contributed by atoms with Crippen LogP contribution in [0.15, 0.2) is 78.9 Å². The van der Waals surface area contributed by atoms with Crippen LogP contribution in [0.4, 0.5) is 0 Å². The van der Waals surface area contributed by atoms with Gasteiger partial charge in [0.2, 0.25) is 0 Å². The fraction of sp³-hybridized carbons (Fsp3) is 0.174. The van der Waals surface area contributed by atoms with Gasteiger partial charge in [0.25, 0.3) is 5.91 Å². The second-order valence-electron chi connectivity index (χ2n) is 6.24. The van der Waals surface area contributed by atoms with Gasteiger partial charge in [0.05, 0.1) is 20.3 Å². The van der Waals surface area contributed by atoms with Gasteiger partial charge in [0, 0.05) is 18.7 Å². The van der Waals surface area contributed by atoms with Crippen LogP contribution in [0.2, 0.25) is 0 Å². The summed E-state index contributed by atoms with van der Waals surface area (Å²) in [5.41, 5.74) is 2.62. The molecule has 0 aliphatic heterocycles. The van der Waals surface area contributed by atoms with Crippen molar-refractivity contribution in [2.24, 2.45) is 0 Å². The van der Waals surface area contributed by atoms with Gasteiger partial charge in [-0.25, -0.2) is 0 Å². The number of rotatable bonds is 6. The van der Waals surface area contributed by atoms with Crippen LogP contribution < -0.4 is 9.47 Å². The first-order valence-corrected chi connectivity index (χ1v) is 8.74. The maximum Gasteiger partial charge on any atom is 0.254 e. The van der Waals surface area contributed by atoms with Crippen LogP contribution in [-0.4, -0.2) is 32.1 Å². The lowest BCUT2D eigenvalue weighted by Gasteiger charge is -2.29. The van der Waals surface area contributed by atoms with Crippen molar-refractivity contribution < 1.29 is 14.3 Å². The van der Waals surface area contributed by atoms with Crippen LogP contribution in [0, 0.1) is 0 Å². The SMILES string of the molecule is COc1cc(OC)cc(C(=O)N(C)C(c2ccccc2)c2ccccc2)c1. The Morgan fingerprint density at radius 2 is 1.22 bits per heavy atom. The normalized spacial score (nSPS) is 10.5. The van der Waals surface area contributed by atoms with Crippen molar-refractivity contribution in [3.63, 3.8) is 0 Å². The molecule has 0 radical (unpaired) electrons. The third-order valence-corrected chi connectivity index (χ3v) is 4.54. The quantitative estimate of drug-likeness (QED) is 0.646. The van der Waals surface area contributed by atoms with Gasteiger partial charge in [-0.2, -0.15) is 0 Å². The van der Waals surface area contributed by atoms with Crippen LogP contribution in [0.1, 0.15) is 27.5 Å². The maximum absolute atomic E-state index is 13.3. The number of benzene rings is 3. The van der Waals surface area contributed by atoms with Crippen molar-refractivity contribution in [2.75, 3.05) is 21.3 Å². The molecule has 0 saturated heterocycles. The minimum Gasteiger partial charge on any atom is -0.497 e. The van der Waals surface area contributed by atoms with Crippen LogP contribution in [-0.2, 0) is 0 Å². The Kier molecular flexibility index (Phi) is 5.77. The van der Waals surface area contributed by atoms with Crippen LogP contribution in [0.25, 0.3) is 0 Å². The maximum atomic E-state index is 13.3. The molecular weight excluding hydrogens is 338 g/mol. The van der Waals surface area contributed by atoms with E-state index in [9.17, 15) is 4.79 Å². The number of hydrogen-bond acceptors (Lipinski definition) is 3. The van der Waals surface area contributed by atoms with Crippen molar-refractivity contribution in [1.29, 1.82) is 0 Å². The van der Waals surface area contributed by atoms with E-state index in [-0.39, 0.29) is 11.9 Å². The molecule has 0 saturated carbocycles. The fourth-order valence-electron chi connectivity index (χ4n) is 3.16. The van der Waals surface area contributed by atoms with E-state index < -0.39 is 0 Å². The van der Waals surface area contributed by atoms with E-state index in [0.717, 1.165) is 11.1 Å². The molecule has 3 aromatic rings. The number of amides is 1. The summed E-state index contributed by atoms with van der Waals surface area (Å²) in [6.45, 7) is 0. The summed E-state index contributed by atoms with van der Waals surface area (Å²) in [5, 5.41) is 0. The third kappa shape index (κ3) is 4.11. The molecule has 27 heavy (non-hydrogen) atoms. The molecule has 0 unspecified atom stereocenters. The van der Waals surface area contributed by atoms with Crippen molar-refractivity contribution in [1.82, 2.24) is 4.90 Å². The zero-order valence-corrected chi connectivity index (χ0v) is 15.8. The van der Waals surface area contributed by atoms with Gasteiger partial charge < -0.3 is 14.4 Å². The predicted octanol–water partition coefficient (Wildman–Crippen LogP) is 4.57. The molecule has 0 atom stereocenters. The second-order valence-corrected chi connectivity index (χ2v) is 6.24. The number of ether oxygens (including phenoxy) is 2. The van der Waals surface area contributed by atoms with Gasteiger partial charge in [0.15, 0.2) is 0 Å². The van der Waals surface area contributed by atoms with E-state index in [0.29, 0.717) is 17.1 Å². The lowest BCUT2D eigenvalue weighted by Crippen LogP contribution is -2.32. The van der Waals surface area contributed by atoms with Crippen molar-refractivity contribution in [3.8, 4) is 11.5 Å². The molecule has 138 valence electrons. The Morgan fingerprint density at radius 1 is 0.778 bits per heavy atom. The average molecular weight is 361 g/mol. The van der Waals surface area contributed by atoms with Crippen molar-refractivity contribution in [3.05, 3.63) is 95.6 Å². The highest BCUT2D eigenvalue weighted by molar-refractivity contribution is 5.95. The van der Waals surface area contributed by atoms with Gasteiger partial charge in [-0.1, -0.05) is 60.7 Å². The van der Waals surface area contributed by atoms with Crippen LogP contribution in [0.3, 0.4) is 0 Å². The molecule has 0 N–H and O–H groups in total. The van der Waals surface area contributed by atoms with E-state index in [1.807, 2.05) is 67.7 Å². The van der Waals surface area contributed by atoms with E-state index >= 15 is 0 Å². The second kappa shape index (κ2) is 8.41. The molecule has 0 aliphatic carbocycles. The smallest absolute Gasteiger partial charge is 0.254 e. The third-order valence-electron chi connectivity index (χ3n) is 4.54. The van der Waals surface area contributed by atoms with E-state index in [4.69, 9.17) is 9.47 Å². The zero-order chi connectivity index (χ0) is 19.2. The fourth-order valence-corrected chi connectivity index (χ4v) is 3.16. The molecule has 4 nitrogen and oxygen atoms in total. The summed E-state index contributed by atoms with van der Waals surface area (Å²) >= 11 is 0. The number of carbonyl (C=O) groups excluding carboxylic acids is 1. The number of methoxy groups -OCH3 is 2. The molecule has 0 fully saturated rings. The van der Waals surface area contributed by atoms with Gasteiger partial charge in [0.1, 0.15) is 11.5 Å². The highest BCUT2D eigenvalue weighted by atomic mass is 16.5. The lowest BCUT2D eigenvalue weighted by atomic mass is 9.97. The summed E-state index contributed by atoms with van der Waals surface area (Å²) < 4.78 is 10.6. The Labute approximate surface area is 160 Å². The first kappa shape index (κ1) is 18.5. The molecule has 4 heteroatoms. The Morgan fingerprint density at radius 3 is 1.63 bits per heavy atom. The summed E-state index contributed by atoms with van der Waals surface area (Å²) in [4.78, 5) is 15.0. The molecule has 1 amide bonds. The molecule has 0 bridgehead atoms. The highest BCUT2D eigenvalue weighted by Gasteiger charge is 2.25. The Balaban J connectivity index is 2.02. The molecule has 0 aromatic heterocycles. The van der Waals surface area contributed by atoms with Crippen LogP contribution in [0.5, 0.6) is 11.5 Å². The lowest BCUT2D eigenvalue weighted by molar-refractivity contribution is 0.0754. The van der Waals surface area contributed by atoms with Gasteiger partial charge in [-0.3, -0.25) is 4.79 Å². The highest BCUT2D eigenvalue weighted by Crippen LogP contribution is 2.30. The number of carbonyl (C=O) groups is 1. The van der Waals surface area contributed by atoms with Gasteiger partial charge in [-0.15, -0.1) is 0 Å². The Bertz CT molecular complexity index is 832. The molecule has 0 spiro atoms. The van der Waals surface area contributed by atoms with Crippen molar-refractivity contribution in [2.45, 2.75) is 6.04 Å². The standard InChI is InChI=1S/C23H23NO3/c1-24(23(25)19-14-20(26-2)16-21(15-19)27-3)22(17-10-6-4-7-11-17)18-12-8-5-9-13-18/h4-16,22H,1-3H3. The molecular formula is C23H23NO3. The van der Waals surface area contributed by atoms with Crippen LogP contribution >= 0.6 is 0 Å². The van der Waals surface area contributed by atoms with Crippen molar-refractivity contribution >= 4 is 5.91 Å². The van der Waals surface area contributed by atoms with Gasteiger partial charge >= 0.3 is 0 Å². The summed E-state index contributed by atoms with van der Waals surface area (Å²) in [5.74, 6) is 1.06. The molecule has 3 rings (SSSR count). The minimum absolute atomic E-state index is 0.107. The van der Waals surface area contributed by atoms with E-state index in [1.165, 1.54) is 0 Å². The topological polar surface area (TPSA) is 38.8 Å². The molecule has 3 aromatic carbocycles. The monoisotopic (exact) mass is 361 g/mol. The first-order valence-electron chi connectivity index (χ1n) is 8.74. The average Bonchev–Trinajstić information content (AvgIpc) is 2.74. The summed E-state index contributed by atoms with van der Waals surface area (Å²) in [7, 11) is 4.96. The predicted molar refractivity (Wildman–Crippen MR) is 106 cm³/mol. The Hall–Kier alpha value is -3.27. The zero-order valence-electron chi connectivity index (χ0n) is 15.8. The van der Waals surface area contributed by atoms with E-state index in [2.05, 4.69) is 0 Å². The molecule has 0 aliphatic rings. The van der Waals surface area contributed by atoms with Gasteiger partial charge in [-0.05, 0) is 23.3 Å². The number of nitrogens with zero attached hydrogens (tertiary/aromatic N) is 1. The molecule has 0 heterocycles. The number of hydrogen-bond donors (Lipinski definition) is 0. The largest absolute Gasteiger partial charge is 0.497 e. The van der Waals surface area contributed by atoms with E-state index in [1.54, 1.807) is 37.3 Å².